The lowest BCUT2D eigenvalue weighted by Gasteiger charge is -2.11. The van der Waals surface area contributed by atoms with Crippen molar-refractivity contribution in [2.75, 3.05) is 5.32 Å². The van der Waals surface area contributed by atoms with Crippen molar-refractivity contribution in [1.82, 2.24) is 19.7 Å². The Kier molecular flexibility index (Phi) is 4.67. The van der Waals surface area contributed by atoms with Crippen LogP contribution in [0.25, 0.3) is 10.9 Å². The molecule has 1 amide bonds. The number of hydrogen-bond donors (Lipinski definition) is 1. The summed E-state index contributed by atoms with van der Waals surface area (Å²) < 4.78 is 6.45. The van der Waals surface area contributed by atoms with Crippen LogP contribution in [0.2, 0.25) is 0 Å². The number of para-hydroxylation sites is 2. The van der Waals surface area contributed by atoms with Crippen molar-refractivity contribution in [2.24, 2.45) is 0 Å². The maximum atomic E-state index is 12.5. The zero-order valence-electron chi connectivity index (χ0n) is 15.1. The molecule has 0 spiro atoms. The van der Waals surface area contributed by atoms with Gasteiger partial charge in [-0.1, -0.05) is 35.5 Å². The van der Waals surface area contributed by atoms with Gasteiger partial charge in [-0.05, 0) is 30.7 Å². The quantitative estimate of drug-likeness (QED) is 0.574. The number of fused-ring (bicyclic) bond motifs is 1. The normalized spacial score (nSPS) is 10.9. The van der Waals surface area contributed by atoms with Gasteiger partial charge in [0.05, 0.1) is 23.7 Å². The molecule has 0 fully saturated rings. The first kappa shape index (κ1) is 17.6. The molecule has 0 aliphatic carbocycles. The molecule has 28 heavy (non-hydrogen) atoms. The third-order valence-electron chi connectivity index (χ3n) is 4.25. The number of benzene rings is 2. The number of anilines is 1. The minimum Gasteiger partial charge on any atom is -0.339 e. The number of carbonyl (C=O) groups is 1. The topological polar surface area (TPSA) is 103 Å². The van der Waals surface area contributed by atoms with Crippen molar-refractivity contribution in [3.05, 3.63) is 82.5 Å². The highest BCUT2D eigenvalue weighted by atomic mass is 16.5. The van der Waals surface area contributed by atoms with Crippen molar-refractivity contribution in [3.63, 3.8) is 0 Å². The van der Waals surface area contributed by atoms with E-state index in [1.54, 1.807) is 31.2 Å². The predicted molar refractivity (Wildman–Crippen MR) is 103 cm³/mol. The molecule has 2 heterocycles. The van der Waals surface area contributed by atoms with Gasteiger partial charge in [-0.15, -0.1) is 0 Å². The van der Waals surface area contributed by atoms with Crippen molar-refractivity contribution in [1.29, 1.82) is 0 Å². The molecule has 0 aliphatic heterocycles. The number of aryl methyl sites for hydroxylation is 1. The van der Waals surface area contributed by atoms with E-state index in [4.69, 9.17) is 4.52 Å². The highest BCUT2D eigenvalue weighted by Crippen LogP contribution is 2.18. The molecule has 0 atom stereocenters. The molecule has 0 aliphatic rings. The lowest BCUT2D eigenvalue weighted by atomic mass is 10.1. The van der Waals surface area contributed by atoms with Crippen LogP contribution in [0.4, 0.5) is 5.69 Å². The molecular weight excluding hydrogens is 358 g/mol. The maximum absolute atomic E-state index is 12.5. The molecule has 1 N–H and O–H groups in total. The van der Waals surface area contributed by atoms with Gasteiger partial charge in [0, 0.05) is 5.69 Å². The van der Waals surface area contributed by atoms with E-state index in [1.807, 2.05) is 24.3 Å². The average Bonchev–Trinajstić information content (AvgIpc) is 3.10. The van der Waals surface area contributed by atoms with E-state index >= 15 is 0 Å². The van der Waals surface area contributed by atoms with Crippen LogP contribution in [0.15, 0.2) is 64.2 Å². The summed E-state index contributed by atoms with van der Waals surface area (Å²) in [5.41, 5.74) is 1.81. The highest BCUT2D eigenvalue weighted by Gasteiger charge is 2.12. The predicted octanol–water partition coefficient (Wildman–Crippen LogP) is 2.32. The van der Waals surface area contributed by atoms with Gasteiger partial charge >= 0.3 is 0 Å². The molecule has 8 nitrogen and oxygen atoms in total. The van der Waals surface area contributed by atoms with E-state index in [9.17, 15) is 9.59 Å². The molecule has 0 radical (unpaired) electrons. The maximum Gasteiger partial charge on any atom is 0.261 e. The standard InChI is InChI=1S/C20H17N5O3/c1-13-22-19(28-24-13)10-14-6-2-4-8-16(14)23-18(26)11-25-12-21-17-9-5-3-7-15(17)20(25)27/h2-9,12H,10-11H2,1H3,(H,23,26). The number of nitrogens with zero attached hydrogens (tertiary/aromatic N) is 4. The van der Waals surface area contributed by atoms with E-state index in [2.05, 4.69) is 20.4 Å². The lowest BCUT2D eigenvalue weighted by molar-refractivity contribution is -0.116. The van der Waals surface area contributed by atoms with Gasteiger partial charge in [0.1, 0.15) is 6.54 Å². The number of aromatic nitrogens is 4. The largest absolute Gasteiger partial charge is 0.339 e. The molecule has 2 aromatic heterocycles. The van der Waals surface area contributed by atoms with Crippen molar-refractivity contribution < 1.29 is 9.32 Å². The SMILES string of the molecule is Cc1noc(Cc2ccccc2NC(=O)Cn2cnc3ccccc3c2=O)n1. The molecule has 0 unspecified atom stereocenters. The summed E-state index contributed by atoms with van der Waals surface area (Å²) in [5, 5.41) is 7.10. The Balaban J connectivity index is 1.53. The molecule has 4 rings (SSSR count). The van der Waals surface area contributed by atoms with E-state index in [1.165, 1.54) is 10.9 Å². The van der Waals surface area contributed by atoms with E-state index in [0.29, 0.717) is 34.7 Å². The van der Waals surface area contributed by atoms with Gasteiger partial charge in [-0.2, -0.15) is 4.98 Å². The van der Waals surface area contributed by atoms with E-state index in [-0.39, 0.29) is 18.0 Å². The molecule has 140 valence electrons. The first-order valence-electron chi connectivity index (χ1n) is 8.71. The van der Waals surface area contributed by atoms with Gasteiger partial charge < -0.3 is 9.84 Å². The van der Waals surface area contributed by atoms with Crippen LogP contribution in [-0.2, 0) is 17.8 Å². The van der Waals surface area contributed by atoms with Crippen LogP contribution >= 0.6 is 0 Å². The van der Waals surface area contributed by atoms with E-state index in [0.717, 1.165) is 5.56 Å². The minimum atomic E-state index is -0.326. The molecule has 0 saturated heterocycles. The monoisotopic (exact) mass is 375 g/mol. The summed E-state index contributed by atoms with van der Waals surface area (Å²) in [6.07, 6.45) is 1.78. The van der Waals surface area contributed by atoms with Crippen LogP contribution in [0.3, 0.4) is 0 Å². The Labute approximate surface area is 159 Å². The first-order valence-corrected chi connectivity index (χ1v) is 8.71. The molecular formula is C20H17N5O3. The Morgan fingerprint density at radius 3 is 2.75 bits per heavy atom. The van der Waals surface area contributed by atoms with Crippen LogP contribution in [0.5, 0.6) is 0 Å². The second-order valence-corrected chi connectivity index (χ2v) is 6.31. The first-order chi connectivity index (χ1) is 13.6. The van der Waals surface area contributed by atoms with Crippen LogP contribution < -0.4 is 10.9 Å². The second-order valence-electron chi connectivity index (χ2n) is 6.31. The summed E-state index contributed by atoms with van der Waals surface area (Å²) in [4.78, 5) is 33.5. The zero-order chi connectivity index (χ0) is 19.5. The van der Waals surface area contributed by atoms with Crippen LogP contribution in [0.1, 0.15) is 17.3 Å². The summed E-state index contributed by atoms with van der Waals surface area (Å²) >= 11 is 0. The zero-order valence-corrected chi connectivity index (χ0v) is 15.1. The van der Waals surface area contributed by atoms with Gasteiger partial charge in [0.2, 0.25) is 11.8 Å². The average molecular weight is 375 g/mol. The molecule has 4 aromatic rings. The molecule has 0 saturated carbocycles. The number of amides is 1. The fourth-order valence-electron chi connectivity index (χ4n) is 2.93. The summed E-state index contributed by atoms with van der Waals surface area (Å²) in [5.74, 6) is 0.696. The van der Waals surface area contributed by atoms with Gasteiger partial charge in [-0.3, -0.25) is 14.2 Å². The van der Waals surface area contributed by atoms with Crippen LogP contribution in [0, 0.1) is 6.92 Å². The van der Waals surface area contributed by atoms with E-state index < -0.39 is 0 Å². The Morgan fingerprint density at radius 1 is 1.14 bits per heavy atom. The minimum absolute atomic E-state index is 0.134. The van der Waals surface area contributed by atoms with Gasteiger partial charge in [0.25, 0.3) is 5.56 Å². The third kappa shape index (κ3) is 3.66. The Morgan fingerprint density at radius 2 is 1.93 bits per heavy atom. The van der Waals surface area contributed by atoms with Gasteiger partial charge in [-0.25, -0.2) is 4.98 Å². The summed E-state index contributed by atoms with van der Waals surface area (Å²) in [7, 11) is 0. The van der Waals surface area contributed by atoms with Crippen molar-refractivity contribution >= 4 is 22.5 Å². The van der Waals surface area contributed by atoms with Gasteiger partial charge in [0.15, 0.2) is 5.82 Å². The summed E-state index contributed by atoms with van der Waals surface area (Å²) in [6, 6.07) is 14.4. The molecule has 0 bridgehead atoms. The number of hydrogen-bond acceptors (Lipinski definition) is 6. The fraction of sp³-hybridized carbons (Fsp3) is 0.150. The van der Waals surface area contributed by atoms with Crippen LogP contribution in [-0.4, -0.2) is 25.6 Å². The second kappa shape index (κ2) is 7.43. The summed E-state index contributed by atoms with van der Waals surface area (Å²) in [6.45, 7) is 1.61. The Hall–Kier alpha value is -3.81. The molecule has 2 aromatic carbocycles. The number of nitrogens with one attached hydrogen (secondary N) is 1. The van der Waals surface area contributed by atoms with Crippen molar-refractivity contribution in [3.8, 4) is 0 Å². The third-order valence-corrected chi connectivity index (χ3v) is 4.25. The van der Waals surface area contributed by atoms with Crippen molar-refractivity contribution in [2.45, 2.75) is 19.9 Å². The smallest absolute Gasteiger partial charge is 0.261 e. The number of rotatable bonds is 5. The number of carbonyl (C=O) groups excluding carboxylic acids is 1. The lowest BCUT2D eigenvalue weighted by Crippen LogP contribution is -2.28. The fourth-order valence-corrected chi connectivity index (χ4v) is 2.93. The molecule has 8 heteroatoms. The highest BCUT2D eigenvalue weighted by molar-refractivity contribution is 5.91. The Bertz CT molecular complexity index is 1210.